The van der Waals surface area contributed by atoms with E-state index < -0.39 is 0 Å². The number of rotatable bonds is 6. The second-order valence-corrected chi connectivity index (χ2v) is 5.27. The van der Waals surface area contributed by atoms with Gasteiger partial charge >= 0.3 is 6.03 Å². The number of halogens is 1. The summed E-state index contributed by atoms with van der Waals surface area (Å²) in [6.07, 6.45) is 0. The van der Waals surface area contributed by atoms with Gasteiger partial charge in [0.1, 0.15) is 12.4 Å². The highest BCUT2D eigenvalue weighted by atomic mass is 79.9. The SMILES string of the molecule is CNCc1cc(Br)ccc1OCCN1CCNC1=O. The first kappa shape index (κ1) is 14.1. The number of carbonyl (C=O) groups excluding carboxylic acids is 1. The van der Waals surface area contributed by atoms with Gasteiger partial charge in [-0.15, -0.1) is 0 Å². The molecule has 1 aliphatic heterocycles. The van der Waals surface area contributed by atoms with Crippen molar-refractivity contribution in [3.63, 3.8) is 0 Å². The van der Waals surface area contributed by atoms with Crippen molar-refractivity contribution in [2.75, 3.05) is 33.3 Å². The van der Waals surface area contributed by atoms with Crippen LogP contribution in [0.4, 0.5) is 4.79 Å². The van der Waals surface area contributed by atoms with Crippen molar-refractivity contribution in [2.45, 2.75) is 6.54 Å². The Kier molecular flexibility index (Phi) is 5.04. The number of hydrogen-bond donors (Lipinski definition) is 2. The number of amides is 2. The van der Waals surface area contributed by atoms with Gasteiger partial charge in [0.05, 0.1) is 6.54 Å². The van der Waals surface area contributed by atoms with E-state index in [2.05, 4.69) is 26.6 Å². The molecule has 0 radical (unpaired) electrons. The minimum absolute atomic E-state index is 0.00476. The first-order valence-corrected chi connectivity index (χ1v) is 7.08. The Hall–Kier alpha value is -1.27. The zero-order valence-corrected chi connectivity index (χ0v) is 12.5. The maximum absolute atomic E-state index is 11.4. The van der Waals surface area contributed by atoms with E-state index in [1.54, 1.807) is 4.90 Å². The zero-order valence-electron chi connectivity index (χ0n) is 10.9. The predicted molar refractivity (Wildman–Crippen MR) is 77.4 cm³/mol. The molecule has 0 aliphatic carbocycles. The van der Waals surface area contributed by atoms with Crippen LogP contribution in [0.5, 0.6) is 5.75 Å². The number of hydrogen-bond acceptors (Lipinski definition) is 3. The Morgan fingerprint density at radius 3 is 3.05 bits per heavy atom. The van der Waals surface area contributed by atoms with E-state index in [1.165, 1.54) is 0 Å². The van der Waals surface area contributed by atoms with Crippen molar-refractivity contribution in [2.24, 2.45) is 0 Å². The minimum atomic E-state index is -0.00476. The maximum Gasteiger partial charge on any atom is 0.317 e. The topological polar surface area (TPSA) is 53.6 Å². The van der Waals surface area contributed by atoms with Gasteiger partial charge in [-0.1, -0.05) is 15.9 Å². The van der Waals surface area contributed by atoms with Crippen LogP contribution in [-0.4, -0.2) is 44.2 Å². The van der Waals surface area contributed by atoms with Gasteiger partial charge in [-0.3, -0.25) is 0 Å². The first-order valence-electron chi connectivity index (χ1n) is 6.29. The number of benzene rings is 1. The van der Waals surface area contributed by atoms with E-state index in [9.17, 15) is 4.79 Å². The van der Waals surface area contributed by atoms with Crippen LogP contribution in [0.3, 0.4) is 0 Å². The second-order valence-electron chi connectivity index (χ2n) is 4.35. The van der Waals surface area contributed by atoms with Crippen molar-refractivity contribution in [3.05, 3.63) is 28.2 Å². The van der Waals surface area contributed by atoms with E-state index in [0.717, 1.165) is 35.4 Å². The van der Waals surface area contributed by atoms with Crippen molar-refractivity contribution in [1.82, 2.24) is 15.5 Å². The van der Waals surface area contributed by atoms with Crippen LogP contribution in [0, 0.1) is 0 Å². The maximum atomic E-state index is 11.4. The van der Waals surface area contributed by atoms with Crippen LogP contribution in [0.2, 0.25) is 0 Å². The largest absolute Gasteiger partial charge is 0.491 e. The number of nitrogens with zero attached hydrogens (tertiary/aromatic N) is 1. The molecule has 0 saturated carbocycles. The Balaban J connectivity index is 1.89. The molecular weight excluding hydrogens is 310 g/mol. The molecule has 2 N–H and O–H groups in total. The van der Waals surface area contributed by atoms with E-state index in [0.29, 0.717) is 13.2 Å². The van der Waals surface area contributed by atoms with Gasteiger partial charge in [-0.25, -0.2) is 4.79 Å². The molecule has 0 unspecified atom stereocenters. The van der Waals surface area contributed by atoms with Crippen molar-refractivity contribution >= 4 is 22.0 Å². The van der Waals surface area contributed by atoms with Crippen LogP contribution >= 0.6 is 15.9 Å². The monoisotopic (exact) mass is 327 g/mol. The summed E-state index contributed by atoms with van der Waals surface area (Å²) in [6.45, 7) is 3.35. The number of urea groups is 1. The highest BCUT2D eigenvalue weighted by Crippen LogP contribution is 2.23. The summed E-state index contributed by atoms with van der Waals surface area (Å²) in [5.41, 5.74) is 1.10. The van der Waals surface area contributed by atoms with Crippen molar-refractivity contribution in [1.29, 1.82) is 0 Å². The van der Waals surface area contributed by atoms with E-state index in [-0.39, 0.29) is 6.03 Å². The molecular formula is C13H18BrN3O2. The molecule has 104 valence electrons. The summed E-state index contributed by atoms with van der Waals surface area (Å²) >= 11 is 3.45. The fourth-order valence-corrected chi connectivity index (χ4v) is 2.42. The third-order valence-corrected chi connectivity index (χ3v) is 3.45. The lowest BCUT2D eigenvalue weighted by Gasteiger charge is -2.16. The summed E-state index contributed by atoms with van der Waals surface area (Å²) in [5.74, 6) is 0.858. The molecule has 19 heavy (non-hydrogen) atoms. The molecule has 5 nitrogen and oxygen atoms in total. The molecule has 2 amide bonds. The molecule has 0 aromatic heterocycles. The average Bonchev–Trinajstić information content (AvgIpc) is 2.78. The van der Waals surface area contributed by atoms with Crippen LogP contribution in [0.1, 0.15) is 5.56 Å². The Bertz CT molecular complexity index is 454. The number of nitrogens with one attached hydrogen (secondary N) is 2. The lowest BCUT2D eigenvalue weighted by atomic mass is 10.2. The normalized spacial score (nSPS) is 14.6. The van der Waals surface area contributed by atoms with Crippen LogP contribution in [0.15, 0.2) is 22.7 Å². The molecule has 0 atom stereocenters. The molecule has 1 fully saturated rings. The molecule has 6 heteroatoms. The third kappa shape index (κ3) is 3.84. The minimum Gasteiger partial charge on any atom is -0.491 e. The third-order valence-electron chi connectivity index (χ3n) is 2.95. The molecule has 0 bridgehead atoms. The fourth-order valence-electron chi connectivity index (χ4n) is 2.01. The fraction of sp³-hybridized carbons (Fsp3) is 0.462. The van der Waals surface area contributed by atoms with Crippen molar-refractivity contribution in [3.8, 4) is 5.75 Å². The van der Waals surface area contributed by atoms with Gasteiger partial charge in [0.15, 0.2) is 0 Å². The smallest absolute Gasteiger partial charge is 0.317 e. The lowest BCUT2D eigenvalue weighted by molar-refractivity contribution is 0.202. The van der Waals surface area contributed by atoms with Gasteiger partial charge in [-0.05, 0) is 25.2 Å². The summed E-state index contributed by atoms with van der Waals surface area (Å²) in [7, 11) is 1.90. The molecule has 1 aromatic rings. The lowest BCUT2D eigenvalue weighted by Crippen LogP contribution is -2.32. The molecule has 1 heterocycles. The van der Waals surface area contributed by atoms with E-state index in [4.69, 9.17) is 4.74 Å². The number of ether oxygens (including phenoxy) is 1. The summed E-state index contributed by atoms with van der Waals surface area (Å²) in [4.78, 5) is 13.1. The van der Waals surface area contributed by atoms with Crippen molar-refractivity contribution < 1.29 is 9.53 Å². The summed E-state index contributed by atoms with van der Waals surface area (Å²) < 4.78 is 6.80. The van der Waals surface area contributed by atoms with Crippen LogP contribution < -0.4 is 15.4 Å². The second kappa shape index (κ2) is 6.77. The molecule has 1 aromatic carbocycles. The Morgan fingerprint density at radius 2 is 2.37 bits per heavy atom. The van der Waals surface area contributed by atoms with Gasteiger partial charge < -0.3 is 20.3 Å². The average molecular weight is 328 g/mol. The first-order chi connectivity index (χ1) is 9.20. The van der Waals surface area contributed by atoms with Gasteiger partial charge in [0.2, 0.25) is 0 Å². The van der Waals surface area contributed by atoms with E-state index >= 15 is 0 Å². The molecule has 1 aliphatic rings. The zero-order chi connectivity index (χ0) is 13.7. The van der Waals surface area contributed by atoms with Gasteiger partial charge in [-0.2, -0.15) is 0 Å². The molecule has 0 spiro atoms. The van der Waals surface area contributed by atoms with E-state index in [1.807, 2.05) is 25.2 Å². The summed E-state index contributed by atoms with van der Waals surface area (Å²) in [5, 5.41) is 5.89. The quantitative estimate of drug-likeness (QED) is 0.834. The standard InChI is InChI=1S/C13H18BrN3O2/c1-15-9-10-8-11(14)2-3-12(10)19-7-6-17-5-4-16-13(17)18/h2-3,8,15H,4-7,9H2,1H3,(H,16,18). The van der Waals surface area contributed by atoms with Gasteiger partial charge in [0, 0.05) is 29.7 Å². The van der Waals surface area contributed by atoms with Gasteiger partial charge in [0.25, 0.3) is 0 Å². The molecule has 2 rings (SSSR count). The molecule has 1 saturated heterocycles. The number of carbonyl (C=O) groups is 1. The Labute approximate surface area is 121 Å². The highest BCUT2D eigenvalue weighted by molar-refractivity contribution is 9.10. The highest BCUT2D eigenvalue weighted by Gasteiger charge is 2.18. The summed E-state index contributed by atoms with van der Waals surface area (Å²) in [6, 6.07) is 5.93. The van der Waals surface area contributed by atoms with Crippen LogP contribution in [0.25, 0.3) is 0 Å². The van der Waals surface area contributed by atoms with Crippen LogP contribution in [-0.2, 0) is 6.54 Å². The Morgan fingerprint density at radius 1 is 1.53 bits per heavy atom. The predicted octanol–water partition coefficient (Wildman–Crippen LogP) is 1.57.